The molecule has 0 aliphatic rings. The van der Waals surface area contributed by atoms with Crippen molar-refractivity contribution in [2.24, 2.45) is 17.8 Å². The van der Waals surface area contributed by atoms with Crippen molar-refractivity contribution in [2.75, 3.05) is 26.9 Å². The standard InChI is InChI=1S/C13H26O3/c1-10(2)12(8-15-5)9-16-7-6-13(14)11(3)4/h10-12H,6-9H2,1-5H3. The van der Waals surface area contributed by atoms with Crippen LogP contribution in [0.2, 0.25) is 0 Å². The fourth-order valence-corrected chi connectivity index (χ4v) is 1.34. The molecule has 0 bridgehead atoms. The Morgan fingerprint density at radius 1 is 1.12 bits per heavy atom. The van der Waals surface area contributed by atoms with Crippen molar-refractivity contribution in [2.45, 2.75) is 34.1 Å². The van der Waals surface area contributed by atoms with Crippen LogP contribution < -0.4 is 0 Å². The Kier molecular flexibility index (Phi) is 8.49. The zero-order chi connectivity index (χ0) is 12.6. The highest BCUT2D eigenvalue weighted by atomic mass is 16.5. The van der Waals surface area contributed by atoms with Gasteiger partial charge in [0.1, 0.15) is 5.78 Å². The molecule has 0 heterocycles. The molecule has 0 spiro atoms. The lowest BCUT2D eigenvalue weighted by Gasteiger charge is -2.19. The molecule has 0 saturated carbocycles. The van der Waals surface area contributed by atoms with Crippen molar-refractivity contribution in [1.29, 1.82) is 0 Å². The third-order valence-corrected chi connectivity index (χ3v) is 2.79. The molecule has 0 aromatic heterocycles. The van der Waals surface area contributed by atoms with E-state index in [0.717, 1.165) is 6.61 Å². The number of carbonyl (C=O) groups is 1. The number of ether oxygens (including phenoxy) is 2. The van der Waals surface area contributed by atoms with E-state index in [0.29, 0.717) is 31.5 Å². The van der Waals surface area contributed by atoms with Crippen molar-refractivity contribution in [3.8, 4) is 0 Å². The van der Waals surface area contributed by atoms with E-state index < -0.39 is 0 Å². The van der Waals surface area contributed by atoms with Gasteiger partial charge in [-0.05, 0) is 5.92 Å². The summed E-state index contributed by atoms with van der Waals surface area (Å²) in [7, 11) is 1.71. The SMILES string of the molecule is COCC(COCCC(=O)C(C)C)C(C)C. The van der Waals surface area contributed by atoms with Crippen molar-refractivity contribution in [1.82, 2.24) is 0 Å². The Bertz CT molecular complexity index is 188. The second kappa shape index (κ2) is 8.71. The van der Waals surface area contributed by atoms with Crippen LogP contribution in [0, 0.1) is 17.8 Å². The molecule has 0 amide bonds. The fraction of sp³-hybridized carbons (Fsp3) is 0.923. The quantitative estimate of drug-likeness (QED) is 0.571. The molecule has 3 heteroatoms. The van der Waals surface area contributed by atoms with Crippen LogP contribution in [0.1, 0.15) is 34.1 Å². The molecule has 0 saturated heterocycles. The summed E-state index contributed by atoms with van der Waals surface area (Å²) in [6.45, 7) is 10.1. The highest BCUT2D eigenvalue weighted by Crippen LogP contribution is 2.11. The number of hydrogen-bond donors (Lipinski definition) is 0. The average molecular weight is 230 g/mol. The van der Waals surface area contributed by atoms with E-state index >= 15 is 0 Å². The van der Waals surface area contributed by atoms with Gasteiger partial charge in [-0.2, -0.15) is 0 Å². The van der Waals surface area contributed by atoms with Gasteiger partial charge in [-0.25, -0.2) is 0 Å². The van der Waals surface area contributed by atoms with Gasteiger partial charge in [0.2, 0.25) is 0 Å². The molecule has 96 valence electrons. The Hall–Kier alpha value is -0.410. The number of rotatable bonds is 9. The number of methoxy groups -OCH3 is 1. The summed E-state index contributed by atoms with van der Waals surface area (Å²) >= 11 is 0. The first-order chi connectivity index (χ1) is 7.49. The molecule has 16 heavy (non-hydrogen) atoms. The molecule has 1 unspecified atom stereocenters. The summed E-state index contributed by atoms with van der Waals surface area (Å²) in [5, 5.41) is 0. The van der Waals surface area contributed by atoms with Crippen molar-refractivity contribution >= 4 is 5.78 Å². The van der Waals surface area contributed by atoms with E-state index in [4.69, 9.17) is 9.47 Å². The monoisotopic (exact) mass is 230 g/mol. The number of ketones is 1. The lowest BCUT2D eigenvalue weighted by atomic mass is 9.98. The summed E-state index contributed by atoms with van der Waals surface area (Å²) in [6.07, 6.45) is 0.523. The first kappa shape index (κ1) is 15.6. The van der Waals surface area contributed by atoms with Crippen molar-refractivity contribution in [3.63, 3.8) is 0 Å². The maximum Gasteiger partial charge on any atom is 0.137 e. The average Bonchev–Trinajstić information content (AvgIpc) is 2.21. The highest BCUT2D eigenvalue weighted by Gasteiger charge is 2.14. The smallest absolute Gasteiger partial charge is 0.137 e. The van der Waals surface area contributed by atoms with Gasteiger partial charge in [-0.3, -0.25) is 4.79 Å². The van der Waals surface area contributed by atoms with Gasteiger partial charge in [0.25, 0.3) is 0 Å². The molecule has 0 aromatic rings. The molecule has 3 nitrogen and oxygen atoms in total. The minimum Gasteiger partial charge on any atom is -0.384 e. The lowest BCUT2D eigenvalue weighted by molar-refractivity contribution is -0.123. The van der Waals surface area contributed by atoms with Crippen LogP contribution in [0.15, 0.2) is 0 Å². The molecule has 1 atom stereocenters. The molecular formula is C13H26O3. The molecule has 0 fully saturated rings. The lowest BCUT2D eigenvalue weighted by Crippen LogP contribution is -2.22. The van der Waals surface area contributed by atoms with Gasteiger partial charge >= 0.3 is 0 Å². The fourth-order valence-electron chi connectivity index (χ4n) is 1.34. The number of Topliss-reactive ketones (excluding diaryl/α,β-unsaturated/α-hetero) is 1. The van der Waals surface area contributed by atoms with Gasteiger partial charge in [0.15, 0.2) is 0 Å². The van der Waals surface area contributed by atoms with E-state index in [1.807, 2.05) is 13.8 Å². The Labute approximate surface area is 99.5 Å². The summed E-state index contributed by atoms with van der Waals surface area (Å²) in [4.78, 5) is 11.3. The molecule has 0 N–H and O–H groups in total. The predicted octanol–water partition coefficient (Wildman–Crippen LogP) is 2.54. The minimum absolute atomic E-state index is 0.114. The van der Waals surface area contributed by atoms with Crippen LogP contribution in [0.4, 0.5) is 0 Å². The zero-order valence-corrected chi connectivity index (χ0v) is 11.3. The second-order valence-corrected chi connectivity index (χ2v) is 4.91. The van der Waals surface area contributed by atoms with Crippen LogP contribution >= 0.6 is 0 Å². The third-order valence-electron chi connectivity index (χ3n) is 2.79. The first-order valence-corrected chi connectivity index (χ1v) is 6.08. The predicted molar refractivity (Wildman–Crippen MR) is 65.5 cm³/mol. The molecule has 0 aromatic carbocycles. The van der Waals surface area contributed by atoms with Crippen molar-refractivity contribution in [3.05, 3.63) is 0 Å². The Morgan fingerprint density at radius 3 is 2.19 bits per heavy atom. The van der Waals surface area contributed by atoms with E-state index in [2.05, 4.69) is 13.8 Å². The second-order valence-electron chi connectivity index (χ2n) is 4.91. The molecule has 0 radical (unpaired) electrons. The van der Waals surface area contributed by atoms with Crippen LogP contribution in [-0.2, 0) is 14.3 Å². The van der Waals surface area contributed by atoms with Gasteiger partial charge in [-0.15, -0.1) is 0 Å². The van der Waals surface area contributed by atoms with Gasteiger partial charge in [-0.1, -0.05) is 27.7 Å². The molecular weight excluding hydrogens is 204 g/mol. The van der Waals surface area contributed by atoms with Crippen molar-refractivity contribution < 1.29 is 14.3 Å². The minimum atomic E-state index is 0.114. The topological polar surface area (TPSA) is 35.5 Å². The largest absolute Gasteiger partial charge is 0.384 e. The zero-order valence-electron chi connectivity index (χ0n) is 11.3. The number of hydrogen-bond acceptors (Lipinski definition) is 3. The van der Waals surface area contributed by atoms with Gasteiger partial charge in [0.05, 0.1) is 19.8 Å². The van der Waals surface area contributed by atoms with Crippen LogP contribution in [0.5, 0.6) is 0 Å². The highest BCUT2D eigenvalue weighted by molar-refractivity contribution is 5.80. The molecule has 0 aliphatic carbocycles. The Morgan fingerprint density at radius 2 is 1.75 bits per heavy atom. The first-order valence-electron chi connectivity index (χ1n) is 6.08. The van der Waals surface area contributed by atoms with Crippen LogP contribution in [0.25, 0.3) is 0 Å². The summed E-state index contributed by atoms with van der Waals surface area (Å²) < 4.78 is 10.7. The van der Waals surface area contributed by atoms with Crippen LogP contribution in [0.3, 0.4) is 0 Å². The number of carbonyl (C=O) groups excluding carboxylic acids is 1. The van der Waals surface area contributed by atoms with E-state index in [9.17, 15) is 4.79 Å². The van der Waals surface area contributed by atoms with E-state index in [1.54, 1.807) is 7.11 Å². The maximum atomic E-state index is 11.3. The molecule has 0 aliphatic heterocycles. The van der Waals surface area contributed by atoms with Gasteiger partial charge in [0, 0.05) is 25.4 Å². The summed E-state index contributed by atoms with van der Waals surface area (Å²) in [5.41, 5.74) is 0. The summed E-state index contributed by atoms with van der Waals surface area (Å²) in [5.74, 6) is 1.34. The maximum absolute atomic E-state index is 11.3. The molecule has 0 rings (SSSR count). The normalized spacial score (nSPS) is 13.4. The van der Waals surface area contributed by atoms with E-state index in [1.165, 1.54) is 0 Å². The third kappa shape index (κ3) is 6.96. The van der Waals surface area contributed by atoms with E-state index in [-0.39, 0.29) is 11.7 Å². The Balaban J connectivity index is 3.66. The van der Waals surface area contributed by atoms with Crippen LogP contribution in [-0.4, -0.2) is 32.7 Å². The van der Waals surface area contributed by atoms with Gasteiger partial charge < -0.3 is 9.47 Å². The summed E-state index contributed by atoms with van der Waals surface area (Å²) in [6, 6.07) is 0.